The van der Waals surface area contributed by atoms with Crippen LogP contribution >= 0.6 is 17.8 Å². The van der Waals surface area contributed by atoms with Gasteiger partial charge < -0.3 is 0 Å². The largest absolute Gasteiger partial charge is 0.248 e. The minimum absolute atomic E-state index is 1.00. The first-order chi connectivity index (χ1) is 2.94. The minimum atomic E-state index is -3.20. The molecule has 0 amide bonds. The Kier molecular flexibility index (Phi) is 2.51. The van der Waals surface area contributed by atoms with Crippen LogP contribution in [0, 0.1) is 0 Å². The molecule has 0 aromatic carbocycles. The number of hydrogen-bond acceptors (Lipinski definition) is 2. The highest BCUT2D eigenvalue weighted by molar-refractivity contribution is 8.60. The van der Waals surface area contributed by atoms with E-state index in [2.05, 4.69) is 0 Å². The van der Waals surface area contributed by atoms with Crippen molar-refractivity contribution in [1.82, 2.24) is 0 Å². The summed E-state index contributed by atoms with van der Waals surface area (Å²) in [6.45, 7) is 3.19. The monoisotopic (exact) mass is 160 g/mol. The van der Waals surface area contributed by atoms with E-state index in [1.54, 1.807) is 13.3 Å². The molecule has 0 fully saturated rings. The molecule has 0 radical (unpaired) electrons. The molecule has 2 nitrogen and oxygen atoms in total. The fourth-order valence-corrected chi connectivity index (χ4v) is 0. The predicted octanol–water partition coefficient (Wildman–Crippen LogP) is 1.21. The molecule has 0 saturated heterocycles. The molecule has 5 heteroatoms. The maximum atomic E-state index is 10.1. The fourth-order valence-electron chi connectivity index (χ4n) is 0. The maximum absolute atomic E-state index is 10.1. The van der Waals surface area contributed by atoms with Gasteiger partial charge in [-0.25, -0.2) is 8.42 Å². The van der Waals surface area contributed by atoms with Crippen molar-refractivity contribution < 1.29 is 8.42 Å². The third-order valence-electron chi connectivity index (χ3n) is 0.436. The average Bonchev–Trinajstić information content (AvgIpc) is 1.31. The summed E-state index contributed by atoms with van der Waals surface area (Å²) in [5, 5.41) is 0. The molecule has 0 bridgehead atoms. The van der Waals surface area contributed by atoms with Gasteiger partial charge in [0.25, 0.3) is 0 Å². The lowest BCUT2D eigenvalue weighted by Crippen LogP contribution is -1.80. The summed E-state index contributed by atoms with van der Waals surface area (Å²) in [4.78, 5) is 0. The van der Waals surface area contributed by atoms with Crippen LogP contribution in [0.2, 0.25) is 0 Å². The molecule has 0 spiro atoms. The van der Waals surface area contributed by atoms with Crippen LogP contribution in [0.4, 0.5) is 0 Å². The standard InChI is InChI=1S/C2H6ClO2PS/c1-6(2)7(3,4)5/h1-2H3. The van der Waals surface area contributed by atoms with Gasteiger partial charge in [0.2, 0.25) is 8.67 Å². The van der Waals surface area contributed by atoms with E-state index in [0.29, 0.717) is 0 Å². The lowest BCUT2D eigenvalue weighted by atomic mass is 11.9. The highest BCUT2D eigenvalue weighted by atomic mass is 35.7. The zero-order chi connectivity index (χ0) is 6.08. The third-order valence-corrected chi connectivity index (χ3v) is 6.41. The Morgan fingerprint density at radius 1 is 1.43 bits per heavy atom. The molecule has 0 N–H and O–H groups in total. The molecule has 0 unspecified atom stereocenters. The van der Waals surface area contributed by atoms with Gasteiger partial charge in [-0.05, 0) is 13.3 Å². The van der Waals surface area contributed by atoms with E-state index in [1.807, 2.05) is 0 Å². The van der Waals surface area contributed by atoms with Gasteiger partial charge in [0.05, 0.1) is 0 Å². The van der Waals surface area contributed by atoms with Crippen molar-refractivity contribution in [3.8, 4) is 0 Å². The van der Waals surface area contributed by atoms with E-state index in [4.69, 9.17) is 10.7 Å². The van der Waals surface area contributed by atoms with Crippen molar-refractivity contribution in [3.63, 3.8) is 0 Å². The summed E-state index contributed by atoms with van der Waals surface area (Å²) >= 11 is 0. The van der Waals surface area contributed by atoms with Gasteiger partial charge in [0, 0.05) is 17.8 Å². The Balaban J connectivity index is 4.10. The van der Waals surface area contributed by atoms with Crippen molar-refractivity contribution in [2.75, 3.05) is 13.3 Å². The molecule has 0 aromatic rings. The van der Waals surface area contributed by atoms with Gasteiger partial charge >= 0.3 is 0 Å². The van der Waals surface area contributed by atoms with E-state index >= 15 is 0 Å². The van der Waals surface area contributed by atoms with Crippen LogP contribution in [0.5, 0.6) is 0 Å². The maximum Gasteiger partial charge on any atom is 0.248 e. The first kappa shape index (κ1) is 7.67. The van der Waals surface area contributed by atoms with Gasteiger partial charge in [-0.15, -0.1) is 0 Å². The second-order valence-corrected chi connectivity index (χ2v) is 9.17. The first-order valence-corrected chi connectivity index (χ1v) is 6.72. The van der Waals surface area contributed by atoms with E-state index in [9.17, 15) is 8.42 Å². The van der Waals surface area contributed by atoms with Crippen molar-refractivity contribution in [2.24, 2.45) is 0 Å². The molecule has 44 valence electrons. The Morgan fingerprint density at radius 2 is 1.57 bits per heavy atom. The minimum Gasteiger partial charge on any atom is -0.208 e. The zero-order valence-electron chi connectivity index (χ0n) is 4.05. The summed E-state index contributed by atoms with van der Waals surface area (Å²) in [7, 11) is 0.662. The van der Waals surface area contributed by atoms with Gasteiger partial charge in [0.15, 0.2) is 0 Å². The Morgan fingerprint density at radius 3 is 1.57 bits per heavy atom. The van der Waals surface area contributed by atoms with Gasteiger partial charge in [-0.3, -0.25) is 0 Å². The molecule has 7 heavy (non-hydrogen) atoms. The first-order valence-electron chi connectivity index (χ1n) is 1.56. The lowest BCUT2D eigenvalue weighted by molar-refractivity contribution is 0.621. The predicted molar refractivity (Wildman–Crippen MR) is 33.5 cm³/mol. The highest BCUT2D eigenvalue weighted by Gasteiger charge is 2.08. The third kappa shape index (κ3) is 3.27. The van der Waals surface area contributed by atoms with Crippen LogP contribution in [0.3, 0.4) is 0 Å². The van der Waals surface area contributed by atoms with Crippen LogP contribution in [0.15, 0.2) is 0 Å². The Hall–Kier alpha value is 0.670. The summed E-state index contributed by atoms with van der Waals surface area (Å²) in [5.74, 6) is 0. The molecule has 0 aromatic heterocycles. The molecule has 0 aliphatic carbocycles. The molecule has 0 rings (SSSR count). The van der Waals surface area contributed by atoms with Crippen molar-refractivity contribution >= 4 is 26.5 Å². The van der Waals surface area contributed by atoms with Crippen LogP contribution in [0.25, 0.3) is 0 Å². The Bertz CT molecular complexity index is 138. The Labute approximate surface area is 48.8 Å². The molecule has 0 saturated carbocycles. The number of hydrogen-bond donors (Lipinski definition) is 0. The number of halogens is 1. The summed E-state index contributed by atoms with van der Waals surface area (Å²) in [6.07, 6.45) is 0. The lowest BCUT2D eigenvalue weighted by Gasteiger charge is -1.93. The van der Waals surface area contributed by atoms with Gasteiger partial charge in [-0.1, -0.05) is 0 Å². The quantitative estimate of drug-likeness (QED) is 0.427. The van der Waals surface area contributed by atoms with Crippen LogP contribution < -0.4 is 0 Å². The number of rotatable bonds is 1. The van der Waals surface area contributed by atoms with E-state index in [1.165, 1.54) is 0 Å². The van der Waals surface area contributed by atoms with Crippen molar-refractivity contribution in [1.29, 1.82) is 0 Å². The molecular weight excluding hydrogens is 155 g/mol. The van der Waals surface area contributed by atoms with Crippen molar-refractivity contribution in [3.05, 3.63) is 0 Å². The SMILES string of the molecule is CP(C)S(=O)(=O)Cl. The summed E-state index contributed by atoms with van der Waals surface area (Å²) in [6, 6.07) is 0. The van der Waals surface area contributed by atoms with Crippen LogP contribution in [-0.2, 0) is 8.67 Å². The van der Waals surface area contributed by atoms with E-state index < -0.39 is 15.8 Å². The molecule has 0 aliphatic rings. The second-order valence-electron chi connectivity index (χ2n) is 1.22. The topological polar surface area (TPSA) is 34.1 Å². The van der Waals surface area contributed by atoms with Gasteiger partial charge in [-0.2, -0.15) is 0 Å². The summed E-state index contributed by atoms with van der Waals surface area (Å²) in [5.41, 5.74) is 0. The van der Waals surface area contributed by atoms with Crippen LogP contribution in [-0.4, -0.2) is 21.7 Å². The van der Waals surface area contributed by atoms with E-state index in [0.717, 1.165) is 0 Å². The molecular formula is C2H6ClO2PS. The smallest absolute Gasteiger partial charge is 0.208 e. The fraction of sp³-hybridized carbons (Fsp3) is 1.00. The normalized spacial score (nSPS) is 12.6. The molecule has 0 atom stereocenters. The molecule has 0 aliphatic heterocycles. The summed E-state index contributed by atoms with van der Waals surface area (Å²) < 4.78 is 20.3. The second kappa shape index (κ2) is 2.29. The van der Waals surface area contributed by atoms with Gasteiger partial charge in [0.1, 0.15) is 0 Å². The zero-order valence-corrected chi connectivity index (χ0v) is 6.52. The van der Waals surface area contributed by atoms with E-state index in [-0.39, 0.29) is 0 Å². The average molecular weight is 161 g/mol. The van der Waals surface area contributed by atoms with Crippen LogP contribution in [0.1, 0.15) is 0 Å². The van der Waals surface area contributed by atoms with Crippen molar-refractivity contribution in [2.45, 2.75) is 0 Å². The molecule has 0 heterocycles. The highest BCUT2D eigenvalue weighted by Crippen LogP contribution is 2.36.